The minimum Gasteiger partial charge on any atom is -0.369 e. The summed E-state index contributed by atoms with van der Waals surface area (Å²) < 4.78 is 0. The van der Waals surface area contributed by atoms with Crippen molar-refractivity contribution in [1.29, 1.82) is 0 Å². The molecule has 7 nitrogen and oxygen atoms in total. The lowest BCUT2D eigenvalue weighted by Gasteiger charge is -2.36. The Balaban J connectivity index is 1.51. The van der Waals surface area contributed by atoms with Crippen molar-refractivity contribution >= 4 is 17.5 Å². The lowest BCUT2D eigenvalue weighted by molar-refractivity contribution is -0.125. The maximum atomic E-state index is 11.5. The third-order valence-electron chi connectivity index (χ3n) is 4.35. The molecule has 0 unspecified atom stereocenters. The molecule has 1 aliphatic heterocycles. The topological polar surface area (TPSA) is 90.7 Å². The van der Waals surface area contributed by atoms with Crippen LogP contribution in [0.3, 0.4) is 0 Å². The summed E-state index contributed by atoms with van der Waals surface area (Å²) in [6.07, 6.45) is 2.00. The highest BCUT2D eigenvalue weighted by molar-refractivity contribution is 5.85. The van der Waals surface area contributed by atoms with Gasteiger partial charge in [0.15, 0.2) is 0 Å². The fraction of sp³-hybridized carbons (Fsp3) is 0.556. The average molecular weight is 347 g/mol. The van der Waals surface area contributed by atoms with Crippen LogP contribution < -0.4 is 21.3 Å². The molecular formula is C18H29N5O2. The zero-order chi connectivity index (χ0) is 17.9. The number of nitrogens with zero attached hydrogens (tertiary/aromatic N) is 2. The Labute approximate surface area is 149 Å². The molecule has 1 aliphatic rings. The summed E-state index contributed by atoms with van der Waals surface area (Å²) in [5.74, 6) is -0.483. The Morgan fingerprint density at radius 1 is 0.960 bits per heavy atom. The number of hydrogen-bond donors (Lipinski definition) is 3. The van der Waals surface area contributed by atoms with Crippen LogP contribution in [0.25, 0.3) is 0 Å². The molecule has 1 aromatic rings. The van der Waals surface area contributed by atoms with Crippen LogP contribution >= 0.6 is 0 Å². The molecule has 1 heterocycles. The first-order chi connectivity index (χ1) is 12.2. The van der Waals surface area contributed by atoms with E-state index in [0.717, 1.165) is 45.6 Å². The molecule has 2 amide bonds. The van der Waals surface area contributed by atoms with Gasteiger partial charge in [-0.2, -0.15) is 0 Å². The van der Waals surface area contributed by atoms with E-state index in [1.807, 2.05) is 6.07 Å². The van der Waals surface area contributed by atoms with E-state index >= 15 is 0 Å². The van der Waals surface area contributed by atoms with Gasteiger partial charge in [0.25, 0.3) is 0 Å². The van der Waals surface area contributed by atoms with E-state index in [0.29, 0.717) is 6.54 Å². The average Bonchev–Trinajstić information content (AvgIpc) is 2.67. The summed E-state index contributed by atoms with van der Waals surface area (Å²) in [7, 11) is 0. The summed E-state index contributed by atoms with van der Waals surface area (Å²) in [5, 5.41) is 5.26. The predicted molar refractivity (Wildman–Crippen MR) is 99.4 cm³/mol. The number of carbonyl (C=O) groups excluding carboxylic acids is 2. The van der Waals surface area contributed by atoms with Gasteiger partial charge in [-0.15, -0.1) is 0 Å². The van der Waals surface area contributed by atoms with E-state index in [-0.39, 0.29) is 24.9 Å². The molecule has 0 spiro atoms. The third-order valence-corrected chi connectivity index (χ3v) is 4.35. The van der Waals surface area contributed by atoms with Crippen molar-refractivity contribution in [3.05, 3.63) is 30.3 Å². The van der Waals surface area contributed by atoms with Crippen molar-refractivity contribution < 1.29 is 9.59 Å². The minimum absolute atomic E-state index is 0.00250. The highest BCUT2D eigenvalue weighted by Crippen LogP contribution is 2.15. The molecule has 0 atom stereocenters. The first-order valence-corrected chi connectivity index (χ1v) is 8.95. The lowest BCUT2D eigenvalue weighted by atomic mass is 10.2. The van der Waals surface area contributed by atoms with Crippen LogP contribution in [0, 0.1) is 0 Å². The Hall–Kier alpha value is -2.12. The number of nitrogens with two attached hydrogens (primary N) is 1. The molecule has 25 heavy (non-hydrogen) atoms. The maximum Gasteiger partial charge on any atom is 0.239 e. The summed E-state index contributed by atoms with van der Waals surface area (Å²) in [6.45, 7) is 5.87. The minimum atomic E-state index is -0.315. The predicted octanol–water partition coefficient (Wildman–Crippen LogP) is -0.220. The van der Waals surface area contributed by atoms with Gasteiger partial charge in [-0.3, -0.25) is 14.5 Å². The quantitative estimate of drug-likeness (QED) is 0.537. The second-order valence-electron chi connectivity index (χ2n) is 6.20. The summed E-state index contributed by atoms with van der Waals surface area (Å²) in [5.41, 5.74) is 6.46. The number of para-hydroxylation sites is 1. The Bertz CT molecular complexity index is 530. The first-order valence-electron chi connectivity index (χ1n) is 8.95. The normalized spacial score (nSPS) is 15.0. The van der Waals surface area contributed by atoms with Crippen molar-refractivity contribution in [2.75, 3.05) is 57.3 Å². The van der Waals surface area contributed by atoms with E-state index < -0.39 is 0 Å². The van der Waals surface area contributed by atoms with Gasteiger partial charge in [0, 0.05) is 38.4 Å². The van der Waals surface area contributed by atoms with Crippen LogP contribution in [0.2, 0.25) is 0 Å². The SMILES string of the molecule is NCC(=O)NCC(=O)NCCCCN1CCN(c2ccccc2)CC1. The molecule has 0 saturated carbocycles. The van der Waals surface area contributed by atoms with Crippen LogP contribution in [-0.4, -0.2) is 69.1 Å². The molecule has 0 radical (unpaired) electrons. The molecule has 4 N–H and O–H groups in total. The second kappa shape index (κ2) is 10.7. The molecule has 1 aromatic carbocycles. The maximum absolute atomic E-state index is 11.5. The highest BCUT2D eigenvalue weighted by atomic mass is 16.2. The Morgan fingerprint density at radius 2 is 1.68 bits per heavy atom. The van der Waals surface area contributed by atoms with Gasteiger partial charge in [0.2, 0.25) is 11.8 Å². The molecule has 0 aromatic heterocycles. The lowest BCUT2D eigenvalue weighted by Crippen LogP contribution is -2.46. The number of unbranched alkanes of at least 4 members (excludes halogenated alkanes) is 1. The smallest absolute Gasteiger partial charge is 0.239 e. The van der Waals surface area contributed by atoms with Gasteiger partial charge in [-0.05, 0) is 31.5 Å². The van der Waals surface area contributed by atoms with Gasteiger partial charge < -0.3 is 21.3 Å². The third kappa shape index (κ3) is 7.11. The van der Waals surface area contributed by atoms with E-state index in [2.05, 4.69) is 44.7 Å². The monoisotopic (exact) mass is 347 g/mol. The first kappa shape index (κ1) is 19.2. The fourth-order valence-electron chi connectivity index (χ4n) is 2.87. The molecular weight excluding hydrogens is 318 g/mol. The van der Waals surface area contributed by atoms with Gasteiger partial charge in [-0.1, -0.05) is 18.2 Å². The summed E-state index contributed by atoms with van der Waals surface area (Å²) >= 11 is 0. The molecule has 0 bridgehead atoms. The number of benzene rings is 1. The van der Waals surface area contributed by atoms with Crippen LogP contribution in [0.15, 0.2) is 30.3 Å². The van der Waals surface area contributed by atoms with Gasteiger partial charge in [0.1, 0.15) is 0 Å². The van der Waals surface area contributed by atoms with Crippen molar-refractivity contribution in [2.24, 2.45) is 5.73 Å². The van der Waals surface area contributed by atoms with Crippen molar-refractivity contribution in [2.45, 2.75) is 12.8 Å². The molecule has 1 saturated heterocycles. The second-order valence-corrected chi connectivity index (χ2v) is 6.20. The molecule has 138 valence electrons. The van der Waals surface area contributed by atoms with Crippen LogP contribution in [0.4, 0.5) is 5.69 Å². The fourth-order valence-corrected chi connectivity index (χ4v) is 2.87. The van der Waals surface area contributed by atoms with E-state index in [4.69, 9.17) is 5.73 Å². The number of amides is 2. The zero-order valence-corrected chi connectivity index (χ0v) is 14.7. The van der Waals surface area contributed by atoms with E-state index in [9.17, 15) is 9.59 Å². The van der Waals surface area contributed by atoms with Crippen molar-refractivity contribution in [3.8, 4) is 0 Å². The van der Waals surface area contributed by atoms with E-state index in [1.54, 1.807) is 0 Å². The van der Waals surface area contributed by atoms with Gasteiger partial charge in [-0.25, -0.2) is 0 Å². The van der Waals surface area contributed by atoms with Crippen molar-refractivity contribution in [1.82, 2.24) is 15.5 Å². The highest BCUT2D eigenvalue weighted by Gasteiger charge is 2.16. The van der Waals surface area contributed by atoms with Crippen molar-refractivity contribution in [3.63, 3.8) is 0 Å². The molecule has 0 aliphatic carbocycles. The number of carbonyl (C=O) groups is 2. The number of anilines is 1. The largest absolute Gasteiger partial charge is 0.369 e. The molecule has 1 fully saturated rings. The zero-order valence-electron chi connectivity index (χ0n) is 14.7. The molecule has 2 rings (SSSR count). The summed E-state index contributed by atoms with van der Waals surface area (Å²) in [6, 6.07) is 10.5. The van der Waals surface area contributed by atoms with Crippen LogP contribution in [0.5, 0.6) is 0 Å². The summed E-state index contributed by atoms with van der Waals surface area (Å²) in [4.78, 5) is 27.4. The van der Waals surface area contributed by atoms with E-state index in [1.165, 1.54) is 5.69 Å². The standard InChI is InChI=1S/C18H29N5O2/c19-14-17(24)21-15-18(25)20-8-4-5-9-22-10-12-23(13-11-22)16-6-2-1-3-7-16/h1-3,6-7H,4-5,8-15,19H2,(H,20,25)(H,21,24). The number of rotatable bonds is 9. The Kier molecular flexibility index (Phi) is 8.21. The Morgan fingerprint density at radius 3 is 2.36 bits per heavy atom. The number of hydrogen-bond acceptors (Lipinski definition) is 5. The number of piperazine rings is 1. The van der Waals surface area contributed by atoms with Gasteiger partial charge >= 0.3 is 0 Å². The van der Waals surface area contributed by atoms with Gasteiger partial charge in [0.05, 0.1) is 13.1 Å². The van der Waals surface area contributed by atoms with Crippen LogP contribution in [-0.2, 0) is 9.59 Å². The number of nitrogens with one attached hydrogen (secondary N) is 2. The van der Waals surface area contributed by atoms with Crippen LogP contribution in [0.1, 0.15) is 12.8 Å². The molecule has 7 heteroatoms.